The van der Waals surface area contributed by atoms with Crippen LogP contribution in [0.4, 0.5) is 10.5 Å². The molecule has 2 amide bonds. The number of piperidine rings is 1. The summed E-state index contributed by atoms with van der Waals surface area (Å²) in [5, 5.41) is 6.84. The number of halogens is 1. The third kappa shape index (κ3) is 5.23. The number of carbonyl (C=O) groups excluding carboxylic acids is 1. The van der Waals surface area contributed by atoms with Crippen LogP contribution in [0.1, 0.15) is 29.5 Å². The molecule has 0 saturated carbocycles. The maximum absolute atomic E-state index is 12.3. The van der Waals surface area contributed by atoms with Gasteiger partial charge >= 0.3 is 6.03 Å². The Morgan fingerprint density at radius 3 is 2.46 bits per heavy atom. The van der Waals surface area contributed by atoms with E-state index in [2.05, 4.69) is 40.7 Å². The van der Waals surface area contributed by atoms with E-state index in [0.29, 0.717) is 0 Å². The molecule has 0 atom stereocenters. The van der Waals surface area contributed by atoms with Gasteiger partial charge in [-0.3, -0.25) is 4.90 Å². The highest BCUT2D eigenvalue weighted by molar-refractivity contribution is 6.30. The number of likely N-dealkylation sites (tertiary alicyclic amines) is 1. The number of nitrogens with one attached hydrogen (secondary N) is 2. The minimum atomic E-state index is -0.117. The molecule has 0 aliphatic carbocycles. The van der Waals surface area contributed by atoms with Crippen LogP contribution >= 0.6 is 11.6 Å². The van der Waals surface area contributed by atoms with Gasteiger partial charge in [-0.25, -0.2) is 4.79 Å². The SMILES string of the molecule is Cc1ccc(NC(=O)NC2CCN(Cc3ccc(Cl)cc3)CC2)c(C)c1. The molecular weight excluding hydrogens is 346 g/mol. The van der Waals surface area contributed by atoms with E-state index in [1.165, 1.54) is 11.1 Å². The zero-order chi connectivity index (χ0) is 18.5. The quantitative estimate of drug-likeness (QED) is 0.815. The summed E-state index contributed by atoms with van der Waals surface area (Å²) in [4.78, 5) is 14.7. The van der Waals surface area contributed by atoms with Gasteiger partial charge in [0, 0.05) is 36.4 Å². The van der Waals surface area contributed by atoms with Gasteiger partial charge in [-0.15, -0.1) is 0 Å². The number of benzene rings is 2. The molecule has 2 aromatic carbocycles. The van der Waals surface area contributed by atoms with E-state index in [4.69, 9.17) is 11.6 Å². The van der Waals surface area contributed by atoms with E-state index in [1.807, 2.05) is 31.2 Å². The minimum absolute atomic E-state index is 0.117. The lowest BCUT2D eigenvalue weighted by molar-refractivity contribution is 0.190. The Kier molecular flexibility index (Phi) is 6.17. The number of hydrogen-bond donors (Lipinski definition) is 2. The van der Waals surface area contributed by atoms with Crippen molar-refractivity contribution in [1.29, 1.82) is 0 Å². The van der Waals surface area contributed by atoms with E-state index in [-0.39, 0.29) is 12.1 Å². The molecule has 1 aliphatic heterocycles. The fraction of sp³-hybridized carbons (Fsp3) is 0.381. The first-order valence-corrected chi connectivity index (χ1v) is 9.49. The van der Waals surface area contributed by atoms with Crippen LogP contribution in [0, 0.1) is 13.8 Å². The zero-order valence-corrected chi connectivity index (χ0v) is 16.1. The fourth-order valence-corrected chi connectivity index (χ4v) is 3.51. The molecule has 2 N–H and O–H groups in total. The lowest BCUT2D eigenvalue weighted by Crippen LogP contribution is -2.45. The summed E-state index contributed by atoms with van der Waals surface area (Å²) in [5.74, 6) is 0. The summed E-state index contributed by atoms with van der Waals surface area (Å²) in [6, 6.07) is 14.2. The number of rotatable bonds is 4. The van der Waals surface area contributed by atoms with Gasteiger partial charge in [0.15, 0.2) is 0 Å². The number of amides is 2. The molecular formula is C21H26ClN3O. The summed E-state index contributed by atoms with van der Waals surface area (Å²) < 4.78 is 0. The van der Waals surface area contributed by atoms with Crippen molar-refractivity contribution < 1.29 is 4.79 Å². The molecule has 1 saturated heterocycles. The fourth-order valence-electron chi connectivity index (χ4n) is 3.38. The molecule has 0 unspecified atom stereocenters. The van der Waals surface area contributed by atoms with Crippen LogP contribution in [0.2, 0.25) is 5.02 Å². The van der Waals surface area contributed by atoms with Crippen LogP contribution in [0.5, 0.6) is 0 Å². The minimum Gasteiger partial charge on any atom is -0.335 e. The second-order valence-corrected chi connectivity index (χ2v) is 7.53. The summed E-state index contributed by atoms with van der Waals surface area (Å²) in [6.07, 6.45) is 1.93. The molecule has 2 aromatic rings. The lowest BCUT2D eigenvalue weighted by Gasteiger charge is -2.32. The van der Waals surface area contributed by atoms with E-state index < -0.39 is 0 Å². The first-order valence-electron chi connectivity index (χ1n) is 9.11. The van der Waals surface area contributed by atoms with Gasteiger partial charge in [0.25, 0.3) is 0 Å². The molecule has 0 aromatic heterocycles. The number of carbonyl (C=O) groups is 1. The van der Waals surface area contributed by atoms with Gasteiger partial charge in [0.05, 0.1) is 0 Å². The molecule has 4 nitrogen and oxygen atoms in total. The van der Waals surface area contributed by atoms with Gasteiger partial charge in [-0.05, 0) is 56.0 Å². The van der Waals surface area contributed by atoms with Crippen LogP contribution in [-0.4, -0.2) is 30.1 Å². The molecule has 3 rings (SSSR count). The van der Waals surface area contributed by atoms with Crippen LogP contribution < -0.4 is 10.6 Å². The molecule has 0 radical (unpaired) electrons. The van der Waals surface area contributed by atoms with Crippen molar-refractivity contribution in [2.24, 2.45) is 0 Å². The van der Waals surface area contributed by atoms with Gasteiger partial charge in [0.1, 0.15) is 0 Å². The number of anilines is 1. The normalized spacial score (nSPS) is 15.7. The third-order valence-electron chi connectivity index (χ3n) is 4.87. The van der Waals surface area contributed by atoms with Crippen molar-refractivity contribution in [2.75, 3.05) is 18.4 Å². The average molecular weight is 372 g/mol. The van der Waals surface area contributed by atoms with Crippen LogP contribution in [-0.2, 0) is 6.54 Å². The topological polar surface area (TPSA) is 44.4 Å². The smallest absolute Gasteiger partial charge is 0.319 e. The summed E-state index contributed by atoms with van der Waals surface area (Å²) in [5.41, 5.74) is 4.42. The first kappa shape index (κ1) is 18.7. The largest absolute Gasteiger partial charge is 0.335 e. The Balaban J connectivity index is 1.44. The van der Waals surface area contributed by atoms with Gasteiger partial charge < -0.3 is 10.6 Å². The number of urea groups is 1. The predicted molar refractivity (Wildman–Crippen MR) is 108 cm³/mol. The van der Waals surface area contributed by atoms with E-state index in [9.17, 15) is 4.79 Å². The molecule has 5 heteroatoms. The second-order valence-electron chi connectivity index (χ2n) is 7.09. The van der Waals surface area contributed by atoms with Crippen molar-refractivity contribution in [3.8, 4) is 0 Å². The van der Waals surface area contributed by atoms with E-state index in [1.54, 1.807) is 0 Å². The molecule has 0 spiro atoms. The first-order chi connectivity index (χ1) is 12.5. The second kappa shape index (κ2) is 8.56. The zero-order valence-electron chi connectivity index (χ0n) is 15.4. The van der Waals surface area contributed by atoms with Crippen molar-refractivity contribution in [3.05, 3.63) is 64.2 Å². The summed E-state index contributed by atoms with van der Waals surface area (Å²) >= 11 is 5.94. The summed E-state index contributed by atoms with van der Waals surface area (Å²) in [7, 11) is 0. The Morgan fingerprint density at radius 2 is 1.81 bits per heavy atom. The van der Waals surface area contributed by atoms with Crippen molar-refractivity contribution >= 4 is 23.3 Å². The number of aryl methyl sites for hydroxylation is 2. The number of hydrogen-bond acceptors (Lipinski definition) is 2. The molecule has 1 aliphatic rings. The molecule has 1 heterocycles. The Hall–Kier alpha value is -2.04. The molecule has 138 valence electrons. The van der Waals surface area contributed by atoms with Crippen LogP contribution in [0.15, 0.2) is 42.5 Å². The maximum atomic E-state index is 12.3. The van der Waals surface area contributed by atoms with Crippen molar-refractivity contribution in [2.45, 2.75) is 39.3 Å². The van der Waals surface area contributed by atoms with Gasteiger partial charge in [-0.1, -0.05) is 41.4 Å². The predicted octanol–water partition coefficient (Wildman–Crippen LogP) is 4.74. The average Bonchev–Trinajstić information content (AvgIpc) is 2.61. The van der Waals surface area contributed by atoms with Crippen molar-refractivity contribution in [1.82, 2.24) is 10.2 Å². The van der Waals surface area contributed by atoms with E-state index in [0.717, 1.165) is 48.7 Å². The van der Waals surface area contributed by atoms with Gasteiger partial charge in [-0.2, -0.15) is 0 Å². The Labute approximate surface area is 160 Å². The van der Waals surface area contributed by atoms with E-state index >= 15 is 0 Å². The summed E-state index contributed by atoms with van der Waals surface area (Å²) in [6.45, 7) is 6.96. The number of nitrogens with zero attached hydrogens (tertiary/aromatic N) is 1. The Bertz CT molecular complexity index is 752. The van der Waals surface area contributed by atoms with Crippen LogP contribution in [0.25, 0.3) is 0 Å². The standard InChI is InChI=1S/C21H26ClN3O/c1-15-3-8-20(16(2)13-15)24-21(26)23-19-9-11-25(12-10-19)14-17-4-6-18(22)7-5-17/h3-8,13,19H,9-12,14H2,1-2H3,(H2,23,24,26). The highest BCUT2D eigenvalue weighted by Gasteiger charge is 2.20. The van der Waals surface area contributed by atoms with Gasteiger partial charge in [0.2, 0.25) is 0 Å². The molecule has 26 heavy (non-hydrogen) atoms. The lowest BCUT2D eigenvalue weighted by atomic mass is 10.0. The maximum Gasteiger partial charge on any atom is 0.319 e. The molecule has 0 bridgehead atoms. The highest BCUT2D eigenvalue weighted by atomic mass is 35.5. The van der Waals surface area contributed by atoms with Crippen LogP contribution in [0.3, 0.4) is 0 Å². The monoisotopic (exact) mass is 371 g/mol. The van der Waals surface area contributed by atoms with Crippen molar-refractivity contribution in [3.63, 3.8) is 0 Å². The Morgan fingerprint density at radius 1 is 1.12 bits per heavy atom. The third-order valence-corrected chi connectivity index (χ3v) is 5.12. The highest BCUT2D eigenvalue weighted by Crippen LogP contribution is 2.18. The molecule has 1 fully saturated rings.